The molecule has 0 N–H and O–H groups in total. The molecule has 2 unspecified atom stereocenters. The number of anilines is 1. The third kappa shape index (κ3) is 1.88. The van der Waals surface area contributed by atoms with Crippen LogP contribution in [-0.4, -0.2) is 31.6 Å². The molecule has 5 heteroatoms. The Bertz CT molecular complexity index is 457. The zero-order chi connectivity index (χ0) is 12.7. The number of nitrogens with zero attached hydrogens (tertiary/aromatic N) is 1. The van der Waals surface area contributed by atoms with E-state index in [1.54, 1.807) is 4.90 Å². The Labute approximate surface area is 103 Å². The largest absolute Gasteiger partial charge is 0.371 e. The van der Waals surface area contributed by atoms with Gasteiger partial charge in [0.05, 0.1) is 12.2 Å². The summed E-state index contributed by atoms with van der Waals surface area (Å²) in [6.07, 6.45) is 2.45. The average molecular weight is 253 g/mol. The second-order valence-electron chi connectivity index (χ2n) is 4.81. The van der Waals surface area contributed by atoms with E-state index in [4.69, 9.17) is 4.74 Å². The minimum atomic E-state index is -0.682. The van der Waals surface area contributed by atoms with Crippen LogP contribution in [-0.2, 0) is 4.74 Å². The van der Waals surface area contributed by atoms with Crippen molar-refractivity contribution in [2.24, 2.45) is 0 Å². The number of ether oxygens (including phenoxy) is 1. The molecule has 2 fully saturated rings. The van der Waals surface area contributed by atoms with Gasteiger partial charge in [0.1, 0.15) is 23.6 Å². The highest BCUT2D eigenvalue weighted by atomic mass is 19.1. The van der Waals surface area contributed by atoms with Crippen molar-refractivity contribution in [2.75, 3.05) is 18.0 Å². The molecular formula is C13H13F2NO2. The summed E-state index contributed by atoms with van der Waals surface area (Å²) in [5.41, 5.74) is -0.0224. The number of halogens is 2. The molecule has 2 aliphatic rings. The molecule has 2 atom stereocenters. The molecule has 2 saturated heterocycles. The Morgan fingerprint density at radius 3 is 2.22 bits per heavy atom. The van der Waals surface area contributed by atoms with Crippen molar-refractivity contribution in [3.05, 3.63) is 29.3 Å². The van der Waals surface area contributed by atoms with Gasteiger partial charge in [0.15, 0.2) is 0 Å². The molecule has 0 aromatic heterocycles. The molecule has 0 saturated carbocycles. The quantitative estimate of drug-likeness (QED) is 0.756. The van der Waals surface area contributed by atoms with Crippen molar-refractivity contribution in [3.63, 3.8) is 0 Å². The predicted molar refractivity (Wildman–Crippen MR) is 61.9 cm³/mol. The molecule has 2 aliphatic heterocycles. The number of rotatable bonds is 2. The fourth-order valence-corrected chi connectivity index (χ4v) is 2.75. The van der Waals surface area contributed by atoms with Crippen LogP contribution in [0.3, 0.4) is 0 Å². The van der Waals surface area contributed by atoms with Crippen LogP contribution in [0.4, 0.5) is 14.5 Å². The van der Waals surface area contributed by atoms with Crippen molar-refractivity contribution < 1.29 is 18.3 Å². The molecule has 3 rings (SSSR count). The highest BCUT2D eigenvalue weighted by Gasteiger charge is 2.35. The lowest BCUT2D eigenvalue weighted by molar-refractivity contribution is 0.0300. The minimum Gasteiger partial charge on any atom is -0.371 e. The summed E-state index contributed by atoms with van der Waals surface area (Å²) < 4.78 is 33.4. The normalized spacial score (nSPS) is 26.4. The third-order valence-corrected chi connectivity index (χ3v) is 3.54. The smallest absolute Gasteiger partial charge is 0.150 e. The average Bonchev–Trinajstić information content (AvgIpc) is 2.67. The van der Waals surface area contributed by atoms with Gasteiger partial charge in [0, 0.05) is 18.7 Å². The van der Waals surface area contributed by atoms with E-state index < -0.39 is 11.6 Å². The van der Waals surface area contributed by atoms with Crippen molar-refractivity contribution in [1.82, 2.24) is 0 Å². The van der Waals surface area contributed by atoms with Crippen LogP contribution in [0, 0.1) is 11.6 Å². The van der Waals surface area contributed by atoms with Crippen molar-refractivity contribution in [3.8, 4) is 0 Å². The van der Waals surface area contributed by atoms with Crippen molar-refractivity contribution in [2.45, 2.75) is 25.0 Å². The van der Waals surface area contributed by atoms with Crippen LogP contribution in [0.25, 0.3) is 0 Å². The minimum absolute atomic E-state index is 0.0185. The molecule has 3 nitrogen and oxygen atoms in total. The number of morpholine rings is 1. The highest BCUT2D eigenvalue weighted by Crippen LogP contribution is 2.32. The van der Waals surface area contributed by atoms with Gasteiger partial charge in [0.25, 0.3) is 0 Å². The number of hydrogen-bond donors (Lipinski definition) is 0. The molecule has 0 aliphatic carbocycles. The van der Waals surface area contributed by atoms with Crippen molar-refractivity contribution >= 4 is 12.0 Å². The molecule has 0 amide bonds. The van der Waals surface area contributed by atoms with E-state index in [0.29, 0.717) is 19.4 Å². The summed E-state index contributed by atoms with van der Waals surface area (Å²) >= 11 is 0. The maximum absolute atomic E-state index is 13.9. The van der Waals surface area contributed by atoms with E-state index >= 15 is 0 Å². The molecule has 18 heavy (non-hydrogen) atoms. The van der Waals surface area contributed by atoms with E-state index in [0.717, 1.165) is 25.0 Å². The van der Waals surface area contributed by atoms with E-state index in [9.17, 15) is 13.6 Å². The topological polar surface area (TPSA) is 29.5 Å². The lowest BCUT2D eigenvalue weighted by atomic mass is 10.1. The number of hydrogen-bond acceptors (Lipinski definition) is 3. The Balaban J connectivity index is 1.94. The van der Waals surface area contributed by atoms with Crippen LogP contribution < -0.4 is 4.90 Å². The van der Waals surface area contributed by atoms with Gasteiger partial charge >= 0.3 is 0 Å². The Morgan fingerprint density at radius 1 is 1.17 bits per heavy atom. The SMILES string of the molecule is O=Cc1cc(F)c(N2CC3CCC(C2)O3)c(F)c1. The first kappa shape index (κ1) is 11.6. The standard InChI is InChI=1S/C13H13F2NO2/c14-11-3-8(7-17)4-12(15)13(11)16-5-9-1-2-10(6-16)18-9/h3-4,7,9-10H,1-2,5-6H2. The van der Waals surface area contributed by atoms with Crippen molar-refractivity contribution in [1.29, 1.82) is 0 Å². The summed E-state index contributed by atoms with van der Waals surface area (Å²) in [5.74, 6) is -1.36. The Kier molecular flexibility index (Phi) is 2.78. The monoisotopic (exact) mass is 253 g/mol. The zero-order valence-electron chi connectivity index (χ0n) is 9.73. The number of benzene rings is 1. The van der Waals surface area contributed by atoms with Crippen LogP contribution >= 0.6 is 0 Å². The third-order valence-electron chi connectivity index (χ3n) is 3.54. The van der Waals surface area contributed by atoms with Gasteiger partial charge in [-0.1, -0.05) is 0 Å². The summed E-state index contributed by atoms with van der Waals surface area (Å²) in [7, 11) is 0. The molecular weight excluding hydrogens is 240 g/mol. The van der Waals surface area contributed by atoms with Gasteiger partial charge in [-0.3, -0.25) is 4.79 Å². The number of aldehydes is 1. The van der Waals surface area contributed by atoms with E-state index in [1.165, 1.54) is 0 Å². The lowest BCUT2D eigenvalue weighted by Gasteiger charge is -2.34. The van der Waals surface area contributed by atoms with E-state index in [1.807, 2.05) is 0 Å². The van der Waals surface area contributed by atoms with Gasteiger partial charge in [-0.15, -0.1) is 0 Å². The van der Waals surface area contributed by atoms with Gasteiger partial charge in [0.2, 0.25) is 0 Å². The molecule has 1 aromatic carbocycles. The summed E-state index contributed by atoms with van der Waals surface area (Å²) in [6, 6.07) is 2.14. The first-order valence-corrected chi connectivity index (χ1v) is 6.02. The first-order chi connectivity index (χ1) is 8.67. The molecule has 1 aromatic rings. The molecule has 96 valence electrons. The molecule has 2 heterocycles. The van der Waals surface area contributed by atoms with Crippen LogP contribution in [0.5, 0.6) is 0 Å². The van der Waals surface area contributed by atoms with Gasteiger partial charge in [-0.2, -0.15) is 0 Å². The molecule has 0 spiro atoms. The summed E-state index contributed by atoms with van der Waals surface area (Å²) in [5, 5.41) is 0. The number of carbonyl (C=O) groups is 1. The second-order valence-corrected chi connectivity index (χ2v) is 4.81. The van der Waals surface area contributed by atoms with Crippen LogP contribution in [0.15, 0.2) is 12.1 Å². The number of carbonyl (C=O) groups excluding carboxylic acids is 1. The fraction of sp³-hybridized carbons (Fsp3) is 0.462. The summed E-state index contributed by atoms with van der Waals surface area (Å²) in [4.78, 5) is 12.2. The van der Waals surface area contributed by atoms with Gasteiger partial charge in [-0.05, 0) is 25.0 Å². The Morgan fingerprint density at radius 2 is 1.72 bits per heavy atom. The molecule has 0 radical (unpaired) electrons. The maximum Gasteiger partial charge on any atom is 0.150 e. The number of fused-ring (bicyclic) bond motifs is 2. The fourth-order valence-electron chi connectivity index (χ4n) is 2.75. The Hall–Kier alpha value is -1.49. The van der Waals surface area contributed by atoms with E-state index in [2.05, 4.69) is 0 Å². The predicted octanol–water partition coefficient (Wildman–Crippen LogP) is 2.14. The van der Waals surface area contributed by atoms with Crippen LogP contribution in [0.1, 0.15) is 23.2 Å². The summed E-state index contributed by atoms with van der Waals surface area (Å²) in [6.45, 7) is 1.01. The second kappa shape index (κ2) is 4.31. The van der Waals surface area contributed by atoms with E-state index in [-0.39, 0.29) is 23.5 Å². The van der Waals surface area contributed by atoms with Gasteiger partial charge in [-0.25, -0.2) is 8.78 Å². The maximum atomic E-state index is 13.9. The van der Waals surface area contributed by atoms with Gasteiger partial charge < -0.3 is 9.64 Å². The molecule has 2 bridgehead atoms. The highest BCUT2D eigenvalue weighted by molar-refractivity contribution is 5.76. The lowest BCUT2D eigenvalue weighted by Crippen LogP contribution is -2.43. The zero-order valence-corrected chi connectivity index (χ0v) is 9.73. The first-order valence-electron chi connectivity index (χ1n) is 6.02. The van der Waals surface area contributed by atoms with Crippen LogP contribution in [0.2, 0.25) is 0 Å².